The molecule has 0 atom stereocenters. The van der Waals surface area contributed by atoms with Crippen LogP contribution < -0.4 is 0 Å². The number of furan rings is 1. The van der Waals surface area contributed by atoms with Gasteiger partial charge < -0.3 is 4.42 Å². The van der Waals surface area contributed by atoms with Crippen molar-refractivity contribution in [3.63, 3.8) is 0 Å². The van der Waals surface area contributed by atoms with Crippen LogP contribution in [-0.2, 0) is 0 Å². The Morgan fingerprint density at radius 2 is 1.67 bits per heavy atom. The molecular formula is C19H13BrO. The Morgan fingerprint density at radius 1 is 0.857 bits per heavy atom. The van der Waals surface area contributed by atoms with E-state index < -0.39 is 0 Å². The van der Waals surface area contributed by atoms with Crippen LogP contribution >= 0.6 is 15.9 Å². The van der Waals surface area contributed by atoms with Crippen LogP contribution in [0, 0.1) is 6.92 Å². The van der Waals surface area contributed by atoms with Gasteiger partial charge in [0.1, 0.15) is 11.2 Å². The lowest BCUT2D eigenvalue weighted by Crippen LogP contribution is -1.81. The number of benzene rings is 3. The normalized spacial score (nSPS) is 11.3. The van der Waals surface area contributed by atoms with Gasteiger partial charge in [0, 0.05) is 20.8 Å². The summed E-state index contributed by atoms with van der Waals surface area (Å²) in [7, 11) is 0. The Hall–Kier alpha value is -2.06. The van der Waals surface area contributed by atoms with Gasteiger partial charge in [-0.25, -0.2) is 0 Å². The molecule has 1 nitrogen and oxygen atoms in total. The van der Waals surface area contributed by atoms with Crippen LogP contribution in [0.15, 0.2) is 69.6 Å². The predicted molar refractivity (Wildman–Crippen MR) is 91.6 cm³/mol. The maximum absolute atomic E-state index is 6.13. The molecule has 0 spiro atoms. The zero-order valence-corrected chi connectivity index (χ0v) is 13.1. The quantitative estimate of drug-likeness (QED) is 0.396. The van der Waals surface area contributed by atoms with Crippen LogP contribution in [-0.4, -0.2) is 0 Å². The molecule has 4 rings (SSSR count). The average Bonchev–Trinajstić information content (AvgIpc) is 2.85. The summed E-state index contributed by atoms with van der Waals surface area (Å²) in [5.74, 6) is 0. The van der Waals surface area contributed by atoms with E-state index in [2.05, 4.69) is 65.3 Å². The Kier molecular flexibility index (Phi) is 2.86. The highest BCUT2D eigenvalue weighted by Gasteiger charge is 2.13. The van der Waals surface area contributed by atoms with E-state index in [-0.39, 0.29) is 0 Å². The molecule has 0 bridgehead atoms. The molecule has 1 aromatic heterocycles. The van der Waals surface area contributed by atoms with Gasteiger partial charge in [0.25, 0.3) is 0 Å². The summed E-state index contributed by atoms with van der Waals surface area (Å²) in [5, 5.41) is 2.32. The van der Waals surface area contributed by atoms with Crippen molar-refractivity contribution in [1.82, 2.24) is 0 Å². The molecule has 0 aliphatic carbocycles. The first-order chi connectivity index (χ1) is 10.2. The van der Waals surface area contributed by atoms with Crippen LogP contribution in [0.3, 0.4) is 0 Å². The van der Waals surface area contributed by atoms with Gasteiger partial charge in [-0.15, -0.1) is 0 Å². The third-order valence-electron chi connectivity index (χ3n) is 3.76. The summed E-state index contributed by atoms with van der Waals surface area (Å²) in [6.45, 7) is 2.13. The van der Waals surface area contributed by atoms with Crippen molar-refractivity contribution in [1.29, 1.82) is 0 Å². The Labute approximate surface area is 131 Å². The molecule has 0 fully saturated rings. The van der Waals surface area contributed by atoms with E-state index in [4.69, 9.17) is 4.42 Å². The number of rotatable bonds is 1. The van der Waals surface area contributed by atoms with E-state index in [1.807, 2.05) is 18.2 Å². The zero-order valence-electron chi connectivity index (χ0n) is 11.6. The van der Waals surface area contributed by atoms with Crippen molar-refractivity contribution >= 4 is 37.9 Å². The van der Waals surface area contributed by atoms with Crippen molar-refractivity contribution < 1.29 is 4.42 Å². The molecule has 4 aromatic rings. The predicted octanol–water partition coefficient (Wildman–Crippen LogP) is 6.32. The number of hydrogen-bond acceptors (Lipinski definition) is 1. The summed E-state index contributed by atoms with van der Waals surface area (Å²) in [4.78, 5) is 0. The lowest BCUT2D eigenvalue weighted by Gasteiger charge is -2.04. The number of fused-ring (bicyclic) bond motifs is 3. The Morgan fingerprint density at radius 3 is 2.48 bits per heavy atom. The second-order valence-electron chi connectivity index (χ2n) is 5.30. The van der Waals surface area contributed by atoms with Gasteiger partial charge in [-0.2, -0.15) is 0 Å². The molecule has 0 saturated carbocycles. The highest BCUT2D eigenvalue weighted by atomic mass is 79.9. The molecule has 0 aliphatic heterocycles. The highest BCUT2D eigenvalue weighted by molar-refractivity contribution is 9.10. The lowest BCUT2D eigenvalue weighted by molar-refractivity contribution is 0.670. The molecule has 0 radical (unpaired) electrons. The molecule has 0 unspecified atom stereocenters. The first-order valence-corrected chi connectivity index (χ1v) is 7.69. The second kappa shape index (κ2) is 4.74. The maximum atomic E-state index is 6.13. The van der Waals surface area contributed by atoms with E-state index in [1.165, 1.54) is 16.5 Å². The van der Waals surface area contributed by atoms with Crippen LogP contribution in [0.4, 0.5) is 0 Å². The fourth-order valence-electron chi connectivity index (χ4n) is 2.83. The third-order valence-corrected chi connectivity index (χ3v) is 4.26. The highest BCUT2D eigenvalue weighted by Crippen LogP contribution is 2.37. The number of hydrogen-bond donors (Lipinski definition) is 0. The molecular weight excluding hydrogens is 324 g/mol. The summed E-state index contributed by atoms with van der Waals surface area (Å²) < 4.78 is 7.20. The van der Waals surface area contributed by atoms with Crippen LogP contribution in [0.5, 0.6) is 0 Å². The standard InChI is InChI=1S/C19H13BrO/c1-12-9-15(13-5-3-2-4-6-13)19-17(10-12)16-11-14(20)7-8-18(16)21-19/h2-11H,1H3. The van der Waals surface area contributed by atoms with E-state index in [0.29, 0.717) is 0 Å². The van der Waals surface area contributed by atoms with Gasteiger partial charge in [-0.3, -0.25) is 0 Å². The molecule has 21 heavy (non-hydrogen) atoms. The second-order valence-corrected chi connectivity index (χ2v) is 6.21. The first-order valence-electron chi connectivity index (χ1n) is 6.90. The maximum Gasteiger partial charge on any atom is 0.143 e. The smallest absolute Gasteiger partial charge is 0.143 e. The van der Waals surface area contributed by atoms with E-state index in [0.717, 1.165) is 26.6 Å². The number of halogens is 1. The lowest BCUT2D eigenvalue weighted by atomic mass is 10.00. The minimum Gasteiger partial charge on any atom is -0.455 e. The molecule has 0 N–H and O–H groups in total. The Bertz CT molecular complexity index is 952. The van der Waals surface area contributed by atoms with E-state index >= 15 is 0 Å². The summed E-state index contributed by atoms with van der Waals surface area (Å²) in [5.41, 5.74) is 5.46. The molecule has 0 amide bonds. The summed E-state index contributed by atoms with van der Waals surface area (Å²) in [6.07, 6.45) is 0. The average molecular weight is 337 g/mol. The fraction of sp³-hybridized carbons (Fsp3) is 0.0526. The molecule has 0 saturated heterocycles. The van der Waals surface area contributed by atoms with Crippen molar-refractivity contribution in [2.24, 2.45) is 0 Å². The van der Waals surface area contributed by atoms with Crippen LogP contribution in [0.1, 0.15) is 5.56 Å². The van der Waals surface area contributed by atoms with Crippen LogP contribution in [0.25, 0.3) is 33.1 Å². The van der Waals surface area contributed by atoms with Gasteiger partial charge >= 0.3 is 0 Å². The Balaban J connectivity index is 2.15. The van der Waals surface area contributed by atoms with Gasteiger partial charge in [-0.1, -0.05) is 46.3 Å². The molecule has 2 heteroatoms. The van der Waals surface area contributed by atoms with Crippen molar-refractivity contribution in [3.8, 4) is 11.1 Å². The summed E-state index contributed by atoms with van der Waals surface area (Å²) >= 11 is 3.54. The van der Waals surface area contributed by atoms with Crippen molar-refractivity contribution in [3.05, 3.63) is 70.7 Å². The monoisotopic (exact) mass is 336 g/mol. The molecule has 3 aromatic carbocycles. The topological polar surface area (TPSA) is 13.1 Å². The minimum atomic E-state index is 0.927. The molecule has 1 heterocycles. The summed E-state index contributed by atoms with van der Waals surface area (Å²) in [6, 6.07) is 20.9. The SMILES string of the molecule is Cc1cc(-c2ccccc2)c2oc3ccc(Br)cc3c2c1. The minimum absolute atomic E-state index is 0.927. The van der Waals surface area contributed by atoms with Gasteiger partial charge in [0.05, 0.1) is 0 Å². The van der Waals surface area contributed by atoms with Gasteiger partial charge in [0.2, 0.25) is 0 Å². The van der Waals surface area contributed by atoms with Gasteiger partial charge in [0.15, 0.2) is 0 Å². The molecule has 102 valence electrons. The molecule has 0 aliphatic rings. The zero-order chi connectivity index (χ0) is 14.4. The van der Waals surface area contributed by atoms with Crippen molar-refractivity contribution in [2.75, 3.05) is 0 Å². The van der Waals surface area contributed by atoms with Crippen molar-refractivity contribution in [2.45, 2.75) is 6.92 Å². The largest absolute Gasteiger partial charge is 0.455 e. The third kappa shape index (κ3) is 2.07. The van der Waals surface area contributed by atoms with Gasteiger partial charge in [-0.05, 0) is 48.4 Å². The van der Waals surface area contributed by atoms with E-state index in [1.54, 1.807) is 0 Å². The fourth-order valence-corrected chi connectivity index (χ4v) is 3.19. The van der Waals surface area contributed by atoms with E-state index in [9.17, 15) is 0 Å². The van der Waals surface area contributed by atoms with Crippen LogP contribution in [0.2, 0.25) is 0 Å². The number of aryl methyl sites for hydroxylation is 1. The first kappa shape index (κ1) is 12.7.